The molecule has 0 radical (unpaired) electrons. The normalized spacial score (nSPS) is 20.3. The Bertz CT molecular complexity index is 672. The lowest BCUT2D eigenvalue weighted by Crippen LogP contribution is -2.27. The van der Waals surface area contributed by atoms with Gasteiger partial charge in [0.15, 0.2) is 0 Å². The van der Waals surface area contributed by atoms with Crippen LogP contribution < -0.4 is 0 Å². The molecule has 3 rings (SSSR count). The molecule has 112 valence electrons. The molecule has 0 spiro atoms. The molecule has 1 aromatic carbocycles. The summed E-state index contributed by atoms with van der Waals surface area (Å²) in [6.45, 7) is 7.32. The van der Waals surface area contributed by atoms with Gasteiger partial charge in [0.05, 0.1) is 6.10 Å². The Balaban J connectivity index is 2.03. The van der Waals surface area contributed by atoms with Crippen molar-refractivity contribution in [3.8, 4) is 0 Å². The average Bonchev–Trinajstić information content (AvgIpc) is 2.69. The van der Waals surface area contributed by atoms with Crippen LogP contribution in [0.15, 0.2) is 30.3 Å². The number of halogens is 1. The van der Waals surface area contributed by atoms with E-state index in [1.165, 1.54) is 11.4 Å². The lowest BCUT2D eigenvalue weighted by atomic mass is 9.75. The van der Waals surface area contributed by atoms with Crippen LogP contribution in [0, 0.1) is 12.3 Å². The lowest BCUT2D eigenvalue weighted by Gasteiger charge is -2.34. The Hall–Kier alpha value is -1.25. The van der Waals surface area contributed by atoms with Gasteiger partial charge in [-0.2, -0.15) is 0 Å². The van der Waals surface area contributed by atoms with Gasteiger partial charge >= 0.3 is 0 Å². The van der Waals surface area contributed by atoms with E-state index in [-0.39, 0.29) is 11.5 Å². The number of aliphatic hydroxyl groups is 1. The Labute approximate surface area is 131 Å². The summed E-state index contributed by atoms with van der Waals surface area (Å²) in [5.74, 6) is 0. The molecule has 2 nitrogen and oxygen atoms in total. The molecule has 0 saturated heterocycles. The van der Waals surface area contributed by atoms with Crippen LogP contribution in [-0.4, -0.2) is 9.67 Å². The highest BCUT2D eigenvalue weighted by Crippen LogP contribution is 2.42. The molecule has 0 saturated carbocycles. The van der Waals surface area contributed by atoms with Crippen molar-refractivity contribution in [3.63, 3.8) is 0 Å². The van der Waals surface area contributed by atoms with Crippen molar-refractivity contribution in [1.29, 1.82) is 0 Å². The maximum Gasteiger partial charge on any atom is 0.0812 e. The summed E-state index contributed by atoms with van der Waals surface area (Å²) in [6.07, 6.45) is 1.47. The van der Waals surface area contributed by atoms with Crippen LogP contribution in [0.25, 0.3) is 0 Å². The quantitative estimate of drug-likeness (QED) is 0.868. The summed E-state index contributed by atoms with van der Waals surface area (Å²) in [5.41, 5.74) is 4.81. The number of fused-ring (bicyclic) bond motifs is 1. The number of aromatic nitrogens is 1. The third-order valence-electron chi connectivity index (χ3n) is 4.49. The molecule has 1 aliphatic carbocycles. The number of hydrogen-bond acceptors (Lipinski definition) is 1. The number of nitrogens with zero attached hydrogens (tertiary/aromatic N) is 1. The van der Waals surface area contributed by atoms with Crippen molar-refractivity contribution in [3.05, 3.63) is 57.9 Å². The Morgan fingerprint density at radius 2 is 2.05 bits per heavy atom. The van der Waals surface area contributed by atoms with Gasteiger partial charge in [0.1, 0.15) is 0 Å². The first kappa shape index (κ1) is 14.7. The predicted octanol–water partition coefficient (Wildman–Crippen LogP) is 4.50. The second-order valence-corrected chi connectivity index (χ2v) is 7.33. The Kier molecular flexibility index (Phi) is 3.62. The maximum atomic E-state index is 10.4. The fourth-order valence-electron chi connectivity index (χ4n) is 3.42. The van der Waals surface area contributed by atoms with Crippen LogP contribution in [-0.2, 0) is 13.0 Å². The molecule has 0 amide bonds. The molecular formula is C18H22ClNO. The van der Waals surface area contributed by atoms with E-state index >= 15 is 0 Å². The first-order chi connectivity index (χ1) is 9.87. The Morgan fingerprint density at radius 3 is 2.76 bits per heavy atom. The minimum atomic E-state index is -0.352. The van der Waals surface area contributed by atoms with Crippen molar-refractivity contribution < 1.29 is 5.11 Å². The standard InChI is InChI=1S/C18H22ClNO/c1-12-8-14-16(9-18(2,3)10-17(14)21)20(12)11-13-6-4-5-7-15(13)19/h4-8,17,21H,9-11H2,1-3H3. The molecule has 2 aromatic rings. The molecular weight excluding hydrogens is 282 g/mol. The third-order valence-corrected chi connectivity index (χ3v) is 4.86. The first-order valence-electron chi connectivity index (χ1n) is 7.48. The van der Waals surface area contributed by atoms with E-state index in [0.29, 0.717) is 0 Å². The molecule has 21 heavy (non-hydrogen) atoms. The molecule has 1 aliphatic rings. The van der Waals surface area contributed by atoms with Gasteiger partial charge in [0, 0.05) is 28.5 Å². The van der Waals surface area contributed by atoms with Crippen LogP contribution in [0.2, 0.25) is 5.02 Å². The number of benzene rings is 1. The largest absolute Gasteiger partial charge is 0.388 e. The van der Waals surface area contributed by atoms with E-state index in [1.807, 2.05) is 18.2 Å². The molecule has 3 heteroatoms. The van der Waals surface area contributed by atoms with Crippen LogP contribution in [0.1, 0.15) is 48.9 Å². The molecule has 1 N–H and O–H groups in total. The fourth-order valence-corrected chi connectivity index (χ4v) is 3.61. The van der Waals surface area contributed by atoms with Gasteiger partial charge in [-0.1, -0.05) is 43.6 Å². The van der Waals surface area contributed by atoms with Crippen molar-refractivity contribution in [2.24, 2.45) is 5.41 Å². The number of aryl methyl sites for hydroxylation is 1. The molecule has 1 aromatic heterocycles. The van der Waals surface area contributed by atoms with Crippen LogP contribution in [0.5, 0.6) is 0 Å². The second kappa shape index (κ2) is 5.19. The molecule has 0 bridgehead atoms. The van der Waals surface area contributed by atoms with E-state index in [0.717, 1.165) is 35.5 Å². The highest BCUT2D eigenvalue weighted by molar-refractivity contribution is 6.31. The van der Waals surface area contributed by atoms with E-state index in [1.54, 1.807) is 0 Å². The number of rotatable bonds is 2. The molecule has 1 heterocycles. The van der Waals surface area contributed by atoms with E-state index in [2.05, 4.69) is 37.5 Å². The van der Waals surface area contributed by atoms with Crippen LogP contribution >= 0.6 is 11.6 Å². The second-order valence-electron chi connectivity index (χ2n) is 6.93. The minimum Gasteiger partial charge on any atom is -0.388 e. The molecule has 1 unspecified atom stereocenters. The number of hydrogen-bond donors (Lipinski definition) is 1. The molecule has 1 atom stereocenters. The Morgan fingerprint density at radius 1 is 1.33 bits per heavy atom. The zero-order valence-electron chi connectivity index (χ0n) is 12.9. The highest BCUT2D eigenvalue weighted by Gasteiger charge is 2.34. The van der Waals surface area contributed by atoms with Crippen molar-refractivity contribution in [2.75, 3.05) is 0 Å². The van der Waals surface area contributed by atoms with Gasteiger partial charge in [-0.25, -0.2) is 0 Å². The van der Waals surface area contributed by atoms with Crippen molar-refractivity contribution in [1.82, 2.24) is 4.57 Å². The van der Waals surface area contributed by atoms with E-state index in [4.69, 9.17) is 11.6 Å². The highest BCUT2D eigenvalue weighted by atomic mass is 35.5. The SMILES string of the molecule is Cc1cc2c(n1Cc1ccccc1Cl)CC(C)(C)CC2O. The molecule has 0 fully saturated rings. The zero-order chi connectivity index (χ0) is 15.2. The summed E-state index contributed by atoms with van der Waals surface area (Å²) >= 11 is 6.30. The minimum absolute atomic E-state index is 0.134. The van der Waals surface area contributed by atoms with E-state index in [9.17, 15) is 5.11 Å². The maximum absolute atomic E-state index is 10.4. The van der Waals surface area contributed by atoms with Gasteiger partial charge < -0.3 is 9.67 Å². The molecule has 0 aliphatic heterocycles. The summed E-state index contributed by atoms with van der Waals surface area (Å²) in [5, 5.41) is 11.2. The first-order valence-corrected chi connectivity index (χ1v) is 7.85. The fraction of sp³-hybridized carbons (Fsp3) is 0.444. The lowest BCUT2D eigenvalue weighted by molar-refractivity contribution is 0.0981. The van der Waals surface area contributed by atoms with Gasteiger partial charge in [-0.15, -0.1) is 0 Å². The topological polar surface area (TPSA) is 25.2 Å². The van der Waals surface area contributed by atoms with Crippen LogP contribution in [0.4, 0.5) is 0 Å². The van der Waals surface area contributed by atoms with Gasteiger partial charge in [0.2, 0.25) is 0 Å². The zero-order valence-corrected chi connectivity index (χ0v) is 13.6. The monoisotopic (exact) mass is 303 g/mol. The van der Waals surface area contributed by atoms with Gasteiger partial charge in [-0.05, 0) is 42.9 Å². The summed E-state index contributed by atoms with van der Waals surface area (Å²) < 4.78 is 2.31. The predicted molar refractivity (Wildman–Crippen MR) is 86.8 cm³/mol. The third kappa shape index (κ3) is 2.75. The van der Waals surface area contributed by atoms with Gasteiger partial charge in [-0.3, -0.25) is 0 Å². The summed E-state index contributed by atoms with van der Waals surface area (Å²) in [6, 6.07) is 10.1. The smallest absolute Gasteiger partial charge is 0.0812 e. The van der Waals surface area contributed by atoms with Crippen LogP contribution in [0.3, 0.4) is 0 Å². The number of aliphatic hydroxyl groups excluding tert-OH is 1. The summed E-state index contributed by atoms with van der Waals surface area (Å²) in [4.78, 5) is 0. The van der Waals surface area contributed by atoms with E-state index < -0.39 is 0 Å². The van der Waals surface area contributed by atoms with Crippen molar-refractivity contribution >= 4 is 11.6 Å². The van der Waals surface area contributed by atoms with Crippen molar-refractivity contribution in [2.45, 2.75) is 46.3 Å². The summed E-state index contributed by atoms with van der Waals surface area (Å²) in [7, 11) is 0. The van der Waals surface area contributed by atoms with Gasteiger partial charge in [0.25, 0.3) is 0 Å². The average molecular weight is 304 g/mol.